The van der Waals surface area contributed by atoms with E-state index in [1.54, 1.807) is 0 Å². The second kappa shape index (κ2) is 7.79. The van der Waals surface area contributed by atoms with Gasteiger partial charge in [0.2, 0.25) is 0 Å². The standard InChI is InChI=1S/C16H28N6O/c1-17-16(18-11-15-3-5-19-20(15)2)22-8-6-21(7-9-22)12-14-4-10-23-13-14/h3,5,14H,4,6-13H2,1-2H3,(H,17,18). The topological polar surface area (TPSA) is 57.9 Å². The average molecular weight is 320 g/mol. The van der Waals surface area contributed by atoms with Crippen molar-refractivity contribution >= 4 is 5.96 Å². The van der Waals surface area contributed by atoms with Crippen LogP contribution in [0.3, 0.4) is 0 Å². The highest BCUT2D eigenvalue weighted by Gasteiger charge is 2.23. The van der Waals surface area contributed by atoms with Crippen molar-refractivity contribution in [2.45, 2.75) is 13.0 Å². The van der Waals surface area contributed by atoms with Crippen LogP contribution in [0, 0.1) is 5.92 Å². The zero-order valence-electron chi connectivity index (χ0n) is 14.2. The number of ether oxygens (including phenoxy) is 1. The lowest BCUT2D eigenvalue weighted by Gasteiger charge is -2.37. The first-order valence-corrected chi connectivity index (χ1v) is 8.49. The summed E-state index contributed by atoms with van der Waals surface area (Å²) >= 11 is 0. The van der Waals surface area contributed by atoms with Crippen molar-refractivity contribution in [2.75, 3.05) is 53.0 Å². The molecule has 0 aromatic carbocycles. The number of guanidine groups is 1. The summed E-state index contributed by atoms with van der Waals surface area (Å²) in [6, 6.07) is 2.03. The first-order valence-electron chi connectivity index (χ1n) is 8.49. The number of hydrogen-bond donors (Lipinski definition) is 1. The quantitative estimate of drug-likeness (QED) is 0.632. The highest BCUT2D eigenvalue weighted by atomic mass is 16.5. The zero-order chi connectivity index (χ0) is 16.1. The molecular formula is C16H28N6O. The molecule has 2 fully saturated rings. The molecular weight excluding hydrogens is 292 g/mol. The summed E-state index contributed by atoms with van der Waals surface area (Å²) in [7, 11) is 3.82. The van der Waals surface area contributed by atoms with Crippen molar-refractivity contribution in [3.8, 4) is 0 Å². The highest BCUT2D eigenvalue weighted by Crippen LogP contribution is 2.15. The second-order valence-corrected chi connectivity index (χ2v) is 6.36. The lowest BCUT2D eigenvalue weighted by atomic mass is 10.1. The fourth-order valence-electron chi connectivity index (χ4n) is 3.31. The molecule has 0 spiro atoms. The Balaban J connectivity index is 1.44. The molecule has 23 heavy (non-hydrogen) atoms. The van der Waals surface area contributed by atoms with Crippen LogP contribution in [0.1, 0.15) is 12.1 Å². The molecule has 3 rings (SSSR count). The second-order valence-electron chi connectivity index (χ2n) is 6.36. The van der Waals surface area contributed by atoms with E-state index in [0.29, 0.717) is 0 Å². The molecule has 128 valence electrons. The van der Waals surface area contributed by atoms with Crippen molar-refractivity contribution in [1.82, 2.24) is 24.9 Å². The molecule has 7 nitrogen and oxygen atoms in total. The first kappa shape index (κ1) is 16.3. The third kappa shape index (κ3) is 4.23. The Kier molecular flexibility index (Phi) is 5.51. The molecule has 1 atom stereocenters. The van der Waals surface area contributed by atoms with E-state index < -0.39 is 0 Å². The van der Waals surface area contributed by atoms with E-state index >= 15 is 0 Å². The minimum atomic E-state index is 0.726. The van der Waals surface area contributed by atoms with Crippen molar-refractivity contribution in [3.63, 3.8) is 0 Å². The number of piperazine rings is 1. The van der Waals surface area contributed by atoms with Crippen molar-refractivity contribution in [2.24, 2.45) is 18.0 Å². The van der Waals surface area contributed by atoms with Gasteiger partial charge in [-0.1, -0.05) is 0 Å². The van der Waals surface area contributed by atoms with Crippen LogP contribution in [0.2, 0.25) is 0 Å². The van der Waals surface area contributed by atoms with E-state index in [2.05, 4.69) is 25.2 Å². The highest BCUT2D eigenvalue weighted by molar-refractivity contribution is 5.79. The molecule has 2 saturated heterocycles. The molecule has 0 bridgehead atoms. The van der Waals surface area contributed by atoms with Crippen LogP contribution < -0.4 is 5.32 Å². The van der Waals surface area contributed by atoms with Crippen molar-refractivity contribution < 1.29 is 4.74 Å². The van der Waals surface area contributed by atoms with Gasteiger partial charge in [-0.15, -0.1) is 0 Å². The summed E-state index contributed by atoms with van der Waals surface area (Å²) < 4.78 is 7.37. The van der Waals surface area contributed by atoms with Gasteiger partial charge in [-0.2, -0.15) is 5.10 Å². The van der Waals surface area contributed by atoms with Gasteiger partial charge in [-0.05, 0) is 18.4 Å². The molecule has 2 aliphatic rings. The molecule has 1 N–H and O–H groups in total. The normalized spacial score (nSPS) is 23.5. The van der Waals surface area contributed by atoms with Gasteiger partial charge in [0, 0.05) is 59.6 Å². The Morgan fingerprint density at radius 2 is 2.22 bits per heavy atom. The van der Waals surface area contributed by atoms with E-state index in [1.165, 1.54) is 13.0 Å². The Hall–Kier alpha value is -1.60. The van der Waals surface area contributed by atoms with Crippen LogP contribution in [0.15, 0.2) is 17.3 Å². The molecule has 0 amide bonds. The van der Waals surface area contributed by atoms with E-state index in [0.717, 1.165) is 63.5 Å². The molecule has 3 heterocycles. The maximum atomic E-state index is 5.48. The number of hydrogen-bond acceptors (Lipinski definition) is 4. The summed E-state index contributed by atoms with van der Waals surface area (Å²) in [5.41, 5.74) is 1.16. The molecule has 7 heteroatoms. The summed E-state index contributed by atoms with van der Waals surface area (Å²) in [6.07, 6.45) is 3.04. The third-order valence-corrected chi connectivity index (χ3v) is 4.77. The fourth-order valence-corrected chi connectivity index (χ4v) is 3.31. The molecule has 2 aliphatic heterocycles. The lowest BCUT2D eigenvalue weighted by Crippen LogP contribution is -2.53. The SMILES string of the molecule is CN=C(NCc1ccnn1C)N1CCN(CC2CCOC2)CC1. The van der Waals surface area contributed by atoms with Gasteiger partial charge in [0.05, 0.1) is 18.8 Å². The lowest BCUT2D eigenvalue weighted by molar-refractivity contribution is 0.139. The third-order valence-electron chi connectivity index (χ3n) is 4.77. The Morgan fingerprint density at radius 1 is 1.39 bits per heavy atom. The Labute approximate surface area is 138 Å². The summed E-state index contributed by atoms with van der Waals surface area (Å²) in [5, 5.41) is 7.64. The number of rotatable bonds is 4. The number of nitrogens with one attached hydrogen (secondary N) is 1. The van der Waals surface area contributed by atoms with Gasteiger partial charge in [-0.25, -0.2) is 0 Å². The monoisotopic (exact) mass is 320 g/mol. The smallest absolute Gasteiger partial charge is 0.194 e. The van der Waals surface area contributed by atoms with Crippen LogP contribution in [0.4, 0.5) is 0 Å². The summed E-state index contributed by atoms with van der Waals surface area (Å²) in [5.74, 6) is 1.71. The van der Waals surface area contributed by atoms with Gasteiger partial charge in [0.1, 0.15) is 0 Å². The maximum Gasteiger partial charge on any atom is 0.194 e. The molecule has 0 saturated carbocycles. The predicted octanol–water partition coefficient (Wildman–Crippen LogP) is 0.150. The van der Waals surface area contributed by atoms with Gasteiger partial charge >= 0.3 is 0 Å². The molecule has 1 aromatic heterocycles. The minimum Gasteiger partial charge on any atom is -0.381 e. The molecule has 0 aliphatic carbocycles. The largest absolute Gasteiger partial charge is 0.381 e. The number of aliphatic imine (C=N–C) groups is 1. The van der Waals surface area contributed by atoms with Crippen LogP contribution >= 0.6 is 0 Å². The predicted molar refractivity (Wildman–Crippen MR) is 90.3 cm³/mol. The Bertz CT molecular complexity index is 514. The van der Waals surface area contributed by atoms with E-state index in [9.17, 15) is 0 Å². The summed E-state index contributed by atoms with van der Waals surface area (Å²) in [4.78, 5) is 9.34. The van der Waals surface area contributed by atoms with Gasteiger partial charge in [0.25, 0.3) is 0 Å². The zero-order valence-corrected chi connectivity index (χ0v) is 14.2. The van der Waals surface area contributed by atoms with Gasteiger partial charge < -0.3 is 15.0 Å². The molecule has 1 aromatic rings. The first-order chi connectivity index (χ1) is 11.3. The van der Waals surface area contributed by atoms with Crippen LogP contribution in [-0.4, -0.2) is 78.5 Å². The van der Waals surface area contributed by atoms with E-state index in [4.69, 9.17) is 4.74 Å². The molecule has 1 unspecified atom stereocenters. The van der Waals surface area contributed by atoms with Crippen molar-refractivity contribution in [1.29, 1.82) is 0 Å². The van der Waals surface area contributed by atoms with Crippen LogP contribution in [0.5, 0.6) is 0 Å². The number of aryl methyl sites for hydroxylation is 1. The van der Waals surface area contributed by atoms with Crippen molar-refractivity contribution in [3.05, 3.63) is 18.0 Å². The number of nitrogens with zero attached hydrogens (tertiary/aromatic N) is 5. The molecule has 0 radical (unpaired) electrons. The minimum absolute atomic E-state index is 0.726. The number of aromatic nitrogens is 2. The van der Waals surface area contributed by atoms with E-state index in [1.807, 2.05) is 31.0 Å². The average Bonchev–Trinajstić information content (AvgIpc) is 3.21. The Morgan fingerprint density at radius 3 is 2.83 bits per heavy atom. The van der Waals surface area contributed by atoms with Gasteiger partial charge in [0.15, 0.2) is 5.96 Å². The van der Waals surface area contributed by atoms with Crippen LogP contribution in [0.25, 0.3) is 0 Å². The summed E-state index contributed by atoms with van der Waals surface area (Å²) in [6.45, 7) is 8.06. The van der Waals surface area contributed by atoms with E-state index in [-0.39, 0.29) is 0 Å². The van der Waals surface area contributed by atoms with Crippen LogP contribution in [-0.2, 0) is 18.3 Å². The fraction of sp³-hybridized carbons (Fsp3) is 0.750. The van der Waals surface area contributed by atoms with Gasteiger partial charge in [-0.3, -0.25) is 14.6 Å². The maximum absolute atomic E-state index is 5.48.